The second-order valence-electron chi connectivity index (χ2n) is 13.4. The van der Waals surface area contributed by atoms with Crippen LogP contribution in [0.2, 0.25) is 0 Å². The summed E-state index contributed by atoms with van der Waals surface area (Å²) in [6, 6.07) is 65.5. The van der Waals surface area contributed by atoms with Crippen LogP contribution < -0.4 is 0 Å². The molecule has 0 radical (unpaired) electrons. The lowest BCUT2D eigenvalue weighted by molar-refractivity contribution is 0.669. The first-order valence-electron chi connectivity index (χ1n) is 18.4. The maximum atomic E-state index is 6.43. The van der Waals surface area contributed by atoms with Crippen LogP contribution in [0.15, 0.2) is 186 Å². The first-order chi connectivity index (χ1) is 26.3. The summed E-state index contributed by atoms with van der Waals surface area (Å²) in [5.74, 6) is 0. The van der Waals surface area contributed by atoms with E-state index in [0.29, 0.717) is 0 Å². The van der Waals surface area contributed by atoms with Gasteiger partial charge >= 0.3 is 0 Å². The van der Waals surface area contributed by atoms with Gasteiger partial charge in [-0.15, -0.1) is 0 Å². The molecule has 11 rings (SSSR count). The normalized spacial score (nSPS) is 11.6. The van der Waals surface area contributed by atoms with Gasteiger partial charge in [0.15, 0.2) is 0 Å². The average Bonchev–Trinajstić information content (AvgIpc) is 3.89. The van der Waals surface area contributed by atoms with Crippen molar-refractivity contribution in [2.24, 2.45) is 0 Å². The molecule has 0 aliphatic carbocycles. The third-order valence-electron chi connectivity index (χ3n) is 10.5. The molecule has 0 saturated heterocycles. The Morgan fingerprint density at radius 3 is 1.30 bits per heavy atom. The van der Waals surface area contributed by atoms with Gasteiger partial charge < -0.3 is 13.6 Å². The molecule has 0 aliphatic heterocycles. The predicted molar refractivity (Wildman–Crippen MR) is 225 cm³/mol. The van der Waals surface area contributed by atoms with E-state index in [1.165, 1.54) is 65.9 Å². The second kappa shape index (κ2) is 12.4. The Labute approximate surface area is 307 Å². The molecule has 0 saturated carbocycles. The van der Waals surface area contributed by atoms with Crippen molar-refractivity contribution in [1.29, 1.82) is 0 Å². The van der Waals surface area contributed by atoms with Gasteiger partial charge in [-0.05, 0) is 95.1 Å². The predicted octanol–water partition coefficient (Wildman–Crippen LogP) is 14.1. The maximum Gasteiger partial charge on any atom is 0.135 e. The van der Waals surface area contributed by atoms with E-state index < -0.39 is 0 Å². The van der Waals surface area contributed by atoms with Crippen molar-refractivity contribution in [2.45, 2.75) is 13.8 Å². The highest BCUT2D eigenvalue weighted by Gasteiger charge is 2.17. The van der Waals surface area contributed by atoms with Crippen molar-refractivity contribution in [3.63, 3.8) is 0 Å². The Morgan fingerprint density at radius 1 is 0.302 bits per heavy atom. The minimum atomic E-state index is 0.884. The molecular weight excluding hydrogens is 645 g/mol. The zero-order chi connectivity index (χ0) is 35.5. The van der Waals surface area contributed by atoms with Crippen LogP contribution in [-0.2, 0) is 0 Å². The van der Waals surface area contributed by atoms with Gasteiger partial charge in [-0.3, -0.25) is 0 Å². The molecule has 3 heterocycles. The Kier molecular flexibility index (Phi) is 7.26. The Morgan fingerprint density at radius 2 is 0.736 bits per heavy atom. The van der Waals surface area contributed by atoms with E-state index in [-0.39, 0.29) is 0 Å². The van der Waals surface area contributed by atoms with E-state index in [9.17, 15) is 0 Å². The lowest BCUT2D eigenvalue weighted by Gasteiger charge is -2.10. The van der Waals surface area contributed by atoms with E-state index >= 15 is 0 Å². The zero-order valence-electron chi connectivity index (χ0n) is 29.6. The van der Waals surface area contributed by atoms with Crippen LogP contribution in [0.5, 0.6) is 0 Å². The fraction of sp³-hybridized carbons (Fsp3) is 0.0400. The van der Waals surface area contributed by atoms with E-state index in [2.05, 4.69) is 191 Å². The average molecular weight is 681 g/mol. The van der Waals surface area contributed by atoms with Gasteiger partial charge in [-0.2, -0.15) is 0 Å². The standard InChI is InChI=1S/C48H30N2O.C2H6/c1-2-11-31(12-3-1)32-13-10-14-33(27-32)34-21-24-46-40(28-34)39-17-6-9-20-45(39)50(46)36-23-26-48-42(30-36)41-29-35(22-25-47(41)51-48)49-43-18-7-4-15-37(43)38-16-5-8-19-44(38)49;1-2/h1-30H;1-2H3. The van der Waals surface area contributed by atoms with Gasteiger partial charge in [-0.25, -0.2) is 0 Å². The summed E-state index contributed by atoms with van der Waals surface area (Å²) >= 11 is 0. The molecule has 8 aromatic carbocycles. The van der Waals surface area contributed by atoms with E-state index in [1.54, 1.807) is 0 Å². The molecule has 3 heteroatoms. The van der Waals surface area contributed by atoms with Crippen LogP contribution in [0.4, 0.5) is 0 Å². The minimum Gasteiger partial charge on any atom is -0.456 e. The van der Waals surface area contributed by atoms with Gasteiger partial charge in [0, 0.05) is 43.7 Å². The summed E-state index contributed by atoms with van der Waals surface area (Å²) in [6.45, 7) is 4.00. The van der Waals surface area contributed by atoms with Crippen LogP contribution in [0, 0.1) is 0 Å². The summed E-state index contributed by atoms with van der Waals surface area (Å²) in [5, 5.41) is 7.19. The minimum absolute atomic E-state index is 0.884. The van der Waals surface area contributed by atoms with Gasteiger partial charge in [0.1, 0.15) is 11.2 Å². The van der Waals surface area contributed by atoms with E-state index in [4.69, 9.17) is 4.42 Å². The van der Waals surface area contributed by atoms with Crippen molar-refractivity contribution in [1.82, 2.24) is 9.13 Å². The molecule has 252 valence electrons. The first kappa shape index (κ1) is 30.9. The Balaban J connectivity index is 0.00000172. The number of aromatic nitrogens is 2. The lowest BCUT2D eigenvalue weighted by Crippen LogP contribution is -1.94. The maximum absolute atomic E-state index is 6.43. The van der Waals surface area contributed by atoms with Crippen LogP contribution >= 0.6 is 0 Å². The van der Waals surface area contributed by atoms with Crippen molar-refractivity contribution in [3.05, 3.63) is 182 Å². The summed E-state index contributed by atoms with van der Waals surface area (Å²) in [4.78, 5) is 0. The third kappa shape index (κ3) is 4.89. The van der Waals surface area contributed by atoms with Gasteiger partial charge in [0.25, 0.3) is 0 Å². The quantitative estimate of drug-likeness (QED) is 0.181. The van der Waals surface area contributed by atoms with Crippen LogP contribution in [0.25, 0.3) is 99.2 Å². The molecule has 3 nitrogen and oxygen atoms in total. The SMILES string of the molecule is CC.c1ccc(-c2cccc(-c3ccc4c(c3)c3ccccc3n4-c3ccc4oc5ccc(-n6c7ccccc7c7ccccc76)cc5c4c3)c2)cc1. The van der Waals surface area contributed by atoms with Crippen molar-refractivity contribution >= 4 is 65.6 Å². The highest BCUT2D eigenvalue weighted by Crippen LogP contribution is 2.39. The van der Waals surface area contributed by atoms with Crippen molar-refractivity contribution in [3.8, 4) is 33.6 Å². The number of hydrogen-bond acceptors (Lipinski definition) is 1. The first-order valence-corrected chi connectivity index (χ1v) is 18.4. The van der Waals surface area contributed by atoms with Crippen molar-refractivity contribution in [2.75, 3.05) is 0 Å². The molecule has 3 aromatic heterocycles. The van der Waals surface area contributed by atoms with E-state index in [1.807, 2.05) is 13.8 Å². The summed E-state index contributed by atoms with van der Waals surface area (Å²) in [5.41, 5.74) is 13.6. The fourth-order valence-electron chi connectivity index (χ4n) is 8.17. The van der Waals surface area contributed by atoms with Crippen molar-refractivity contribution < 1.29 is 4.42 Å². The Hall–Kier alpha value is -6.84. The molecule has 0 spiro atoms. The molecule has 0 unspecified atom stereocenters. The molecule has 0 amide bonds. The molecule has 0 fully saturated rings. The summed E-state index contributed by atoms with van der Waals surface area (Å²) in [7, 11) is 0. The smallest absolute Gasteiger partial charge is 0.135 e. The number of nitrogens with zero attached hydrogens (tertiary/aromatic N) is 2. The van der Waals surface area contributed by atoms with Gasteiger partial charge in [0.05, 0.1) is 22.1 Å². The molecule has 53 heavy (non-hydrogen) atoms. The van der Waals surface area contributed by atoms with E-state index in [0.717, 1.165) is 33.3 Å². The molecule has 0 aliphatic rings. The van der Waals surface area contributed by atoms with Crippen LogP contribution in [0.1, 0.15) is 13.8 Å². The second-order valence-corrected chi connectivity index (χ2v) is 13.4. The Bertz CT molecular complexity index is 3090. The number of fused-ring (bicyclic) bond motifs is 9. The third-order valence-corrected chi connectivity index (χ3v) is 10.5. The zero-order valence-corrected chi connectivity index (χ0v) is 29.6. The topological polar surface area (TPSA) is 23.0 Å². The lowest BCUT2D eigenvalue weighted by atomic mass is 9.98. The van der Waals surface area contributed by atoms with Crippen LogP contribution in [-0.4, -0.2) is 9.13 Å². The molecule has 0 bridgehead atoms. The monoisotopic (exact) mass is 680 g/mol. The fourth-order valence-corrected chi connectivity index (χ4v) is 8.17. The summed E-state index contributed by atoms with van der Waals surface area (Å²) in [6.07, 6.45) is 0. The molecular formula is C50H36N2O. The summed E-state index contributed by atoms with van der Waals surface area (Å²) < 4.78 is 11.2. The number of benzene rings is 8. The van der Waals surface area contributed by atoms with Gasteiger partial charge in [-0.1, -0.05) is 123 Å². The number of furan rings is 1. The number of rotatable bonds is 4. The number of hydrogen-bond donors (Lipinski definition) is 0. The molecule has 0 N–H and O–H groups in total. The number of para-hydroxylation sites is 3. The largest absolute Gasteiger partial charge is 0.456 e. The molecule has 11 aromatic rings. The molecule has 0 atom stereocenters. The highest BCUT2D eigenvalue weighted by atomic mass is 16.3. The van der Waals surface area contributed by atoms with Crippen LogP contribution in [0.3, 0.4) is 0 Å². The highest BCUT2D eigenvalue weighted by molar-refractivity contribution is 6.13. The van der Waals surface area contributed by atoms with Gasteiger partial charge in [0.2, 0.25) is 0 Å².